The van der Waals surface area contributed by atoms with Crippen molar-refractivity contribution in [3.63, 3.8) is 0 Å². The van der Waals surface area contributed by atoms with Crippen molar-refractivity contribution < 1.29 is 4.39 Å². The van der Waals surface area contributed by atoms with Gasteiger partial charge in [-0.05, 0) is 60.4 Å². The minimum absolute atomic E-state index is 0.180. The van der Waals surface area contributed by atoms with Crippen molar-refractivity contribution in [1.29, 1.82) is 0 Å². The van der Waals surface area contributed by atoms with E-state index in [1.165, 1.54) is 43.4 Å². The van der Waals surface area contributed by atoms with Crippen LogP contribution in [0.5, 0.6) is 0 Å². The third-order valence-electron chi connectivity index (χ3n) is 4.22. The molecule has 0 saturated heterocycles. The highest BCUT2D eigenvalue weighted by Crippen LogP contribution is 2.36. The summed E-state index contributed by atoms with van der Waals surface area (Å²) in [7, 11) is 0. The Morgan fingerprint density at radius 2 is 1.25 bits per heavy atom. The maximum atomic E-state index is 12.9. The molecule has 1 fully saturated rings. The molecule has 2 heteroatoms. The van der Waals surface area contributed by atoms with Crippen molar-refractivity contribution in [2.24, 2.45) is 0 Å². The SMILES string of the molecule is Fc1ccc(-c2ccc(C3CCC(I)CC3)cc2)cc1. The van der Waals surface area contributed by atoms with Gasteiger partial charge in [-0.3, -0.25) is 0 Å². The summed E-state index contributed by atoms with van der Waals surface area (Å²) in [6.07, 6.45) is 5.29. The molecule has 3 rings (SSSR count). The van der Waals surface area contributed by atoms with E-state index in [1.807, 2.05) is 12.1 Å². The molecule has 2 aromatic rings. The van der Waals surface area contributed by atoms with E-state index in [0.29, 0.717) is 0 Å². The van der Waals surface area contributed by atoms with E-state index in [1.54, 1.807) is 0 Å². The fraction of sp³-hybridized carbons (Fsp3) is 0.333. The summed E-state index contributed by atoms with van der Waals surface area (Å²) in [6.45, 7) is 0. The Labute approximate surface area is 133 Å². The average Bonchev–Trinajstić information content (AvgIpc) is 2.49. The van der Waals surface area contributed by atoms with Gasteiger partial charge in [0.25, 0.3) is 0 Å². The van der Waals surface area contributed by atoms with Crippen LogP contribution in [-0.4, -0.2) is 3.92 Å². The first-order chi connectivity index (χ1) is 9.72. The van der Waals surface area contributed by atoms with Gasteiger partial charge in [-0.1, -0.05) is 59.0 Å². The molecule has 0 N–H and O–H groups in total. The van der Waals surface area contributed by atoms with E-state index in [4.69, 9.17) is 0 Å². The quantitative estimate of drug-likeness (QED) is 0.446. The molecule has 1 aliphatic carbocycles. The molecule has 0 aliphatic heterocycles. The summed E-state index contributed by atoms with van der Waals surface area (Å²) >= 11 is 2.57. The molecule has 2 aromatic carbocycles. The third kappa shape index (κ3) is 3.22. The Morgan fingerprint density at radius 3 is 1.80 bits per heavy atom. The molecular weight excluding hydrogens is 362 g/mol. The Bertz CT molecular complexity index is 551. The van der Waals surface area contributed by atoms with Gasteiger partial charge in [0.15, 0.2) is 0 Å². The van der Waals surface area contributed by atoms with Crippen LogP contribution in [0.2, 0.25) is 0 Å². The van der Waals surface area contributed by atoms with Crippen molar-refractivity contribution in [3.8, 4) is 11.1 Å². The fourth-order valence-electron chi connectivity index (χ4n) is 2.98. The average molecular weight is 380 g/mol. The minimum Gasteiger partial charge on any atom is -0.207 e. The Morgan fingerprint density at radius 1 is 0.750 bits per heavy atom. The van der Waals surface area contributed by atoms with E-state index in [2.05, 4.69) is 46.9 Å². The normalized spacial score (nSPS) is 22.7. The summed E-state index contributed by atoms with van der Waals surface area (Å²) < 4.78 is 13.8. The second-order valence-electron chi connectivity index (χ2n) is 5.58. The van der Waals surface area contributed by atoms with Gasteiger partial charge >= 0.3 is 0 Å². The number of hydrogen-bond acceptors (Lipinski definition) is 0. The monoisotopic (exact) mass is 380 g/mol. The van der Waals surface area contributed by atoms with Crippen molar-refractivity contribution in [2.75, 3.05) is 0 Å². The van der Waals surface area contributed by atoms with Crippen molar-refractivity contribution in [3.05, 3.63) is 59.9 Å². The zero-order chi connectivity index (χ0) is 13.9. The molecule has 0 unspecified atom stereocenters. The summed E-state index contributed by atoms with van der Waals surface area (Å²) in [5.41, 5.74) is 3.70. The van der Waals surface area contributed by atoms with Crippen LogP contribution >= 0.6 is 22.6 Å². The van der Waals surface area contributed by atoms with Gasteiger partial charge in [-0.2, -0.15) is 0 Å². The molecule has 0 nitrogen and oxygen atoms in total. The summed E-state index contributed by atoms with van der Waals surface area (Å²) in [5, 5.41) is 0. The van der Waals surface area contributed by atoms with Crippen LogP contribution in [0.3, 0.4) is 0 Å². The van der Waals surface area contributed by atoms with Gasteiger partial charge in [0, 0.05) is 3.92 Å². The molecule has 20 heavy (non-hydrogen) atoms. The lowest BCUT2D eigenvalue weighted by Gasteiger charge is -2.25. The van der Waals surface area contributed by atoms with E-state index in [9.17, 15) is 4.39 Å². The molecular formula is C18H18FI. The molecule has 1 aliphatic rings. The van der Waals surface area contributed by atoms with E-state index in [-0.39, 0.29) is 5.82 Å². The number of hydrogen-bond donors (Lipinski definition) is 0. The van der Waals surface area contributed by atoms with E-state index in [0.717, 1.165) is 21.0 Å². The van der Waals surface area contributed by atoms with Gasteiger partial charge in [-0.15, -0.1) is 0 Å². The number of rotatable bonds is 2. The molecule has 1 saturated carbocycles. The standard InChI is InChI=1S/C18H18FI/c19-17-9-5-15(6-10-17)13-1-3-14(4-2-13)16-7-11-18(20)12-8-16/h1-6,9-10,16,18H,7-8,11-12H2. The molecule has 0 atom stereocenters. The summed E-state index contributed by atoms with van der Waals surface area (Å²) in [6, 6.07) is 15.5. The lowest BCUT2D eigenvalue weighted by atomic mass is 9.83. The van der Waals surface area contributed by atoms with Crippen LogP contribution in [-0.2, 0) is 0 Å². The molecule has 0 amide bonds. The minimum atomic E-state index is -0.180. The topological polar surface area (TPSA) is 0 Å². The maximum Gasteiger partial charge on any atom is 0.123 e. The molecule has 0 spiro atoms. The number of benzene rings is 2. The second kappa shape index (κ2) is 6.25. The first-order valence-corrected chi connectivity index (χ1v) is 8.47. The van der Waals surface area contributed by atoms with Crippen LogP contribution in [0.15, 0.2) is 48.5 Å². The van der Waals surface area contributed by atoms with Crippen LogP contribution in [0.1, 0.15) is 37.2 Å². The van der Waals surface area contributed by atoms with Crippen molar-refractivity contribution in [2.45, 2.75) is 35.5 Å². The summed E-state index contributed by atoms with van der Waals surface area (Å²) in [4.78, 5) is 0. The molecule has 0 radical (unpaired) electrons. The van der Waals surface area contributed by atoms with Crippen LogP contribution in [0.4, 0.5) is 4.39 Å². The third-order valence-corrected chi connectivity index (χ3v) is 5.46. The predicted molar refractivity (Wildman–Crippen MR) is 90.9 cm³/mol. The fourth-order valence-corrected chi connectivity index (χ4v) is 3.70. The molecule has 0 bridgehead atoms. The van der Waals surface area contributed by atoms with Crippen LogP contribution in [0.25, 0.3) is 11.1 Å². The van der Waals surface area contributed by atoms with E-state index < -0.39 is 0 Å². The second-order valence-corrected chi connectivity index (χ2v) is 7.34. The molecule has 0 aromatic heterocycles. The lowest BCUT2D eigenvalue weighted by molar-refractivity contribution is 0.462. The Kier molecular flexibility index (Phi) is 4.39. The highest BCUT2D eigenvalue weighted by molar-refractivity contribution is 14.1. The van der Waals surface area contributed by atoms with Crippen molar-refractivity contribution >= 4 is 22.6 Å². The van der Waals surface area contributed by atoms with Gasteiger partial charge in [0.2, 0.25) is 0 Å². The first kappa shape index (κ1) is 14.1. The smallest absolute Gasteiger partial charge is 0.123 e. The van der Waals surface area contributed by atoms with Gasteiger partial charge in [0.1, 0.15) is 5.82 Å². The molecule has 0 heterocycles. The zero-order valence-corrected chi connectivity index (χ0v) is 13.5. The van der Waals surface area contributed by atoms with Gasteiger partial charge < -0.3 is 0 Å². The Balaban J connectivity index is 1.76. The van der Waals surface area contributed by atoms with Gasteiger partial charge in [-0.25, -0.2) is 4.39 Å². The zero-order valence-electron chi connectivity index (χ0n) is 11.4. The highest BCUT2D eigenvalue weighted by Gasteiger charge is 2.20. The highest BCUT2D eigenvalue weighted by atomic mass is 127. The lowest BCUT2D eigenvalue weighted by Crippen LogP contribution is -2.12. The summed E-state index contributed by atoms with van der Waals surface area (Å²) in [5.74, 6) is 0.546. The Hall–Kier alpha value is -0.900. The van der Waals surface area contributed by atoms with Crippen molar-refractivity contribution in [1.82, 2.24) is 0 Å². The van der Waals surface area contributed by atoms with E-state index >= 15 is 0 Å². The molecule has 104 valence electrons. The largest absolute Gasteiger partial charge is 0.207 e. The number of alkyl halides is 1. The first-order valence-electron chi connectivity index (χ1n) is 7.22. The number of halogens is 2. The van der Waals surface area contributed by atoms with Crippen LogP contribution < -0.4 is 0 Å². The maximum absolute atomic E-state index is 12.9. The van der Waals surface area contributed by atoms with Gasteiger partial charge in [0.05, 0.1) is 0 Å². The van der Waals surface area contributed by atoms with Crippen LogP contribution in [0, 0.1) is 5.82 Å². The predicted octanol–water partition coefficient (Wildman–Crippen LogP) is 5.95.